The van der Waals surface area contributed by atoms with Crippen LogP contribution in [0.1, 0.15) is 11.3 Å². The lowest BCUT2D eigenvalue weighted by Gasteiger charge is -2.10. The van der Waals surface area contributed by atoms with Gasteiger partial charge in [-0.05, 0) is 26.0 Å². The Kier molecular flexibility index (Phi) is 3.78. The fourth-order valence-corrected chi connectivity index (χ4v) is 3.75. The van der Waals surface area contributed by atoms with E-state index in [1.807, 2.05) is 0 Å². The van der Waals surface area contributed by atoms with E-state index in [0.29, 0.717) is 5.52 Å². The van der Waals surface area contributed by atoms with Crippen molar-refractivity contribution in [2.75, 3.05) is 4.72 Å². The van der Waals surface area contributed by atoms with Gasteiger partial charge in [0.05, 0.1) is 23.1 Å². The lowest BCUT2D eigenvalue weighted by Crippen LogP contribution is -2.20. The first-order chi connectivity index (χ1) is 11.5. The number of nitrogens with one attached hydrogen (secondary N) is 2. The minimum atomic E-state index is -4.76. The second-order valence-electron chi connectivity index (χ2n) is 5.38. The number of hydrogen-bond donors (Lipinski definition) is 2. The minimum Gasteiger partial charge on any atom is -0.360 e. The van der Waals surface area contributed by atoms with E-state index in [0.717, 1.165) is 25.4 Å². The number of aromatic amines is 1. The summed E-state index contributed by atoms with van der Waals surface area (Å²) < 4.78 is 78.7. The zero-order valence-corrected chi connectivity index (χ0v) is 13.8. The number of alkyl halides is 3. The lowest BCUT2D eigenvalue weighted by molar-refractivity contribution is -0.213. The number of H-pyrrole nitrogens is 1. The number of benzene rings is 1. The molecule has 0 fully saturated rings. The molecule has 0 amide bonds. The van der Waals surface area contributed by atoms with Crippen LogP contribution in [-0.4, -0.2) is 23.2 Å². The molecule has 0 aliphatic carbocycles. The molecule has 2 aromatic heterocycles. The normalized spacial score (nSPS) is 12.7. The van der Waals surface area contributed by atoms with Gasteiger partial charge in [-0.15, -0.1) is 13.2 Å². The molecule has 11 heteroatoms. The summed E-state index contributed by atoms with van der Waals surface area (Å²) in [6, 6.07) is 2.41. The van der Waals surface area contributed by atoms with Crippen molar-refractivity contribution in [3.63, 3.8) is 0 Å². The molecule has 134 valence electrons. The van der Waals surface area contributed by atoms with Crippen LogP contribution in [0, 0.1) is 19.7 Å². The van der Waals surface area contributed by atoms with Gasteiger partial charge in [0.2, 0.25) is 0 Å². The first-order valence-corrected chi connectivity index (χ1v) is 8.41. The number of anilines is 1. The summed E-state index contributed by atoms with van der Waals surface area (Å²) >= 11 is 0. The van der Waals surface area contributed by atoms with E-state index in [2.05, 4.69) is 14.8 Å². The number of fused-ring (bicyclic) bond motifs is 1. The van der Waals surface area contributed by atoms with Crippen LogP contribution in [0.25, 0.3) is 10.9 Å². The smallest absolute Gasteiger partial charge is 0.360 e. The molecular weight excluding hydrogens is 364 g/mol. The van der Waals surface area contributed by atoms with Gasteiger partial charge in [0.25, 0.3) is 10.0 Å². The Balaban J connectivity index is 2.04. The van der Waals surface area contributed by atoms with E-state index in [1.165, 1.54) is 13.0 Å². The summed E-state index contributed by atoms with van der Waals surface area (Å²) in [5.74, 6) is -0.506. The maximum absolute atomic E-state index is 13.6. The molecule has 0 spiro atoms. The Morgan fingerprint density at radius 2 is 1.92 bits per heavy atom. The van der Waals surface area contributed by atoms with Gasteiger partial charge >= 0.3 is 6.30 Å². The number of nitrogens with zero attached hydrogens (tertiary/aromatic N) is 2. The monoisotopic (exact) mass is 376 g/mol. The molecule has 0 bridgehead atoms. The third-order valence-electron chi connectivity index (χ3n) is 3.80. The van der Waals surface area contributed by atoms with E-state index in [-0.39, 0.29) is 26.2 Å². The summed E-state index contributed by atoms with van der Waals surface area (Å²) in [4.78, 5) is 2.47. The summed E-state index contributed by atoms with van der Waals surface area (Å²) in [5, 5.41) is 3.38. The van der Waals surface area contributed by atoms with Crippen molar-refractivity contribution >= 4 is 26.6 Å². The molecule has 25 heavy (non-hydrogen) atoms. The van der Waals surface area contributed by atoms with Gasteiger partial charge in [0.15, 0.2) is 0 Å². The number of rotatable bonds is 3. The Hall–Kier alpha value is -2.56. The average Bonchev–Trinajstić information content (AvgIpc) is 3.07. The minimum absolute atomic E-state index is 0.204. The van der Waals surface area contributed by atoms with Crippen LogP contribution in [0.5, 0.6) is 0 Å². The highest BCUT2D eigenvalue weighted by Crippen LogP contribution is 2.30. The molecule has 0 atom stereocenters. The van der Waals surface area contributed by atoms with Gasteiger partial charge in [-0.2, -0.15) is 9.78 Å². The van der Waals surface area contributed by atoms with Crippen LogP contribution < -0.4 is 4.72 Å². The van der Waals surface area contributed by atoms with E-state index in [9.17, 15) is 26.0 Å². The van der Waals surface area contributed by atoms with Crippen molar-refractivity contribution in [3.8, 4) is 0 Å². The van der Waals surface area contributed by atoms with Crippen molar-refractivity contribution in [2.45, 2.75) is 25.0 Å². The zero-order valence-electron chi connectivity index (χ0n) is 12.9. The summed E-state index contributed by atoms with van der Waals surface area (Å²) in [7, 11) is -4.21. The molecule has 0 radical (unpaired) electrons. The van der Waals surface area contributed by atoms with Gasteiger partial charge in [0, 0.05) is 17.1 Å². The molecule has 6 nitrogen and oxygen atoms in total. The first kappa shape index (κ1) is 17.3. The summed E-state index contributed by atoms with van der Waals surface area (Å²) in [5.41, 5.74) is -0.174. The molecule has 0 saturated heterocycles. The van der Waals surface area contributed by atoms with E-state index >= 15 is 0 Å². The third-order valence-corrected chi connectivity index (χ3v) is 5.20. The van der Waals surface area contributed by atoms with E-state index in [4.69, 9.17) is 0 Å². The van der Waals surface area contributed by atoms with E-state index in [1.54, 1.807) is 0 Å². The molecule has 2 N–H and O–H groups in total. The van der Waals surface area contributed by atoms with Crippen LogP contribution in [0.2, 0.25) is 0 Å². The highest BCUT2D eigenvalue weighted by molar-refractivity contribution is 7.93. The molecule has 0 saturated carbocycles. The number of sulfonamides is 1. The van der Waals surface area contributed by atoms with Crippen molar-refractivity contribution in [3.05, 3.63) is 41.6 Å². The van der Waals surface area contributed by atoms with Crippen molar-refractivity contribution in [1.29, 1.82) is 0 Å². The Bertz CT molecular complexity index is 1070. The highest BCUT2D eigenvalue weighted by atomic mass is 32.2. The lowest BCUT2D eigenvalue weighted by atomic mass is 10.1. The number of aromatic nitrogens is 3. The summed E-state index contributed by atoms with van der Waals surface area (Å²) in [6.45, 7) is 2.57. The van der Waals surface area contributed by atoms with Gasteiger partial charge in [-0.1, -0.05) is 0 Å². The van der Waals surface area contributed by atoms with Crippen molar-refractivity contribution < 1.29 is 26.0 Å². The molecule has 1 aromatic carbocycles. The van der Waals surface area contributed by atoms with Crippen LogP contribution in [0.3, 0.4) is 0 Å². The second kappa shape index (κ2) is 5.48. The van der Waals surface area contributed by atoms with Crippen LogP contribution in [-0.2, 0) is 16.3 Å². The highest BCUT2D eigenvalue weighted by Gasteiger charge is 2.34. The van der Waals surface area contributed by atoms with Crippen LogP contribution >= 0.6 is 0 Å². The maximum atomic E-state index is 13.6. The summed E-state index contributed by atoms with van der Waals surface area (Å²) in [6.07, 6.45) is -2.83. The fourth-order valence-electron chi connectivity index (χ4n) is 2.48. The predicted molar refractivity (Wildman–Crippen MR) is 82.1 cm³/mol. The van der Waals surface area contributed by atoms with Crippen LogP contribution in [0.4, 0.5) is 23.2 Å². The second-order valence-corrected chi connectivity index (χ2v) is 7.03. The Labute approximate surface area is 139 Å². The molecule has 2 heterocycles. The molecule has 3 rings (SSSR count). The maximum Gasteiger partial charge on any atom is 0.504 e. The molecule has 3 aromatic rings. The average molecular weight is 376 g/mol. The topological polar surface area (TPSA) is 79.8 Å². The zero-order chi connectivity index (χ0) is 18.6. The van der Waals surface area contributed by atoms with Crippen LogP contribution in [0.15, 0.2) is 29.4 Å². The number of aryl methyl sites for hydroxylation is 1. The number of hydrogen-bond acceptors (Lipinski definition) is 3. The SMILES string of the molecule is Cc1c(F)ccc2c(S(=O)(=O)Nc3cnn(C(F)(F)F)c3C)c[nH]c12. The quantitative estimate of drug-likeness (QED) is 0.688. The molecule has 0 aliphatic rings. The Morgan fingerprint density at radius 3 is 2.52 bits per heavy atom. The number of halogens is 4. The Morgan fingerprint density at radius 1 is 1.24 bits per heavy atom. The first-order valence-electron chi connectivity index (χ1n) is 6.93. The predicted octanol–water partition coefficient (Wildman–Crippen LogP) is 3.40. The van der Waals surface area contributed by atoms with E-state index < -0.39 is 27.8 Å². The van der Waals surface area contributed by atoms with Gasteiger partial charge in [-0.25, -0.2) is 12.8 Å². The molecule has 0 aliphatic heterocycles. The third kappa shape index (κ3) is 2.84. The molecular formula is C14H12F4N4O2S. The fraction of sp³-hybridized carbons (Fsp3) is 0.214. The van der Waals surface area contributed by atoms with Gasteiger partial charge < -0.3 is 4.98 Å². The standard InChI is InChI=1S/C14H12F4N4O2S/c1-7-10(15)4-3-9-12(6-19-13(7)9)25(23,24)21-11-5-20-22(8(11)2)14(16,17)18/h3-6,19,21H,1-2H3. The van der Waals surface area contributed by atoms with Gasteiger partial charge in [0.1, 0.15) is 10.7 Å². The van der Waals surface area contributed by atoms with Crippen molar-refractivity contribution in [2.24, 2.45) is 0 Å². The molecule has 0 unspecified atom stereocenters. The van der Waals surface area contributed by atoms with Gasteiger partial charge in [-0.3, -0.25) is 4.72 Å². The van der Waals surface area contributed by atoms with Crippen molar-refractivity contribution in [1.82, 2.24) is 14.8 Å². The largest absolute Gasteiger partial charge is 0.504 e.